The summed E-state index contributed by atoms with van der Waals surface area (Å²) >= 11 is 18.3. The Kier molecular flexibility index (Phi) is 8.60. The molecule has 0 radical (unpaired) electrons. The highest BCUT2D eigenvalue weighted by atomic mass is 35.5. The van der Waals surface area contributed by atoms with Gasteiger partial charge in [-0.2, -0.15) is 0 Å². The first-order valence-corrected chi connectivity index (χ1v) is 10.9. The first-order valence-electron chi connectivity index (χ1n) is 9.80. The van der Waals surface area contributed by atoms with Crippen LogP contribution < -0.4 is 5.32 Å². The van der Waals surface area contributed by atoms with Gasteiger partial charge in [-0.3, -0.25) is 9.59 Å². The molecule has 0 heterocycles. The minimum atomic E-state index is -0.629. The maximum Gasteiger partial charge on any atom is 0.243 e. The second-order valence-corrected chi connectivity index (χ2v) is 9.50. The third-order valence-electron chi connectivity index (χ3n) is 4.51. The molecule has 2 aromatic carbocycles. The highest BCUT2D eigenvalue weighted by Crippen LogP contribution is 2.24. The summed E-state index contributed by atoms with van der Waals surface area (Å²) in [5, 5.41) is 4.56. The number of rotatable bonds is 7. The largest absolute Gasteiger partial charge is 0.350 e. The first kappa shape index (κ1) is 24.5. The molecule has 0 bridgehead atoms. The second-order valence-electron chi connectivity index (χ2n) is 8.22. The van der Waals surface area contributed by atoms with Crippen LogP contribution in [0.5, 0.6) is 0 Å². The van der Waals surface area contributed by atoms with Crippen LogP contribution in [0.4, 0.5) is 0 Å². The Morgan fingerprint density at radius 2 is 1.60 bits per heavy atom. The third-order valence-corrected chi connectivity index (χ3v) is 5.35. The zero-order valence-electron chi connectivity index (χ0n) is 17.6. The molecule has 0 aliphatic rings. The lowest BCUT2D eigenvalue weighted by Crippen LogP contribution is -2.53. The van der Waals surface area contributed by atoms with Gasteiger partial charge in [0.05, 0.1) is 6.42 Å². The van der Waals surface area contributed by atoms with Crippen molar-refractivity contribution in [3.8, 4) is 0 Å². The Balaban J connectivity index is 2.35. The lowest BCUT2D eigenvalue weighted by molar-refractivity contribution is -0.141. The average molecular weight is 470 g/mol. The predicted octanol–water partition coefficient (Wildman–Crippen LogP) is 5.91. The number of halogens is 3. The number of carbonyl (C=O) groups is 2. The van der Waals surface area contributed by atoms with E-state index >= 15 is 0 Å². The molecule has 0 aliphatic carbocycles. The molecule has 30 heavy (non-hydrogen) atoms. The minimum absolute atomic E-state index is 0.154. The van der Waals surface area contributed by atoms with Crippen molar-refractivity contribution in [3.63, 3.8) is 0 Å². The molecule has 0 aliphatic heterocycles. The summed E-state index contributed by atoms with van der Waals surface area (Å²) in [6.45, 7) is 7.83. The fourth-order valence-electron chi connectivity index (χ4n) is 3.08. The van der Waals surface area contributed by atoms with Crippen LogP contribution in [0.15, 0.2) is 42.5 Å². The normalized spacial score (nSPS) is 12.4. The van der Waals surface area contributed by atoms with Gasteiger partial charge >= 0.3 is 0 Å². The van der Waals surface area contributed by atoms with Gasteiger partial charge in [0.15, 0.2) is 0 Å². The molecule has 0 spiro atoms. The van der Waals surface area contributed by atoms with Crippen molar-refractivity contribution in [3.05, 3.63) is 68.7 Å². The Morgan fingerprint density at radius 1 is 1.00 bits per heavy atom. The molecular weight excluding hydrogens is 443 g/mol. The number of hydrogen-bond donors (Lipinski definition) is 1. The van der Waals surface area contributed by atoms with Crippen LogP contribution in [0.2, 0.25) is 15.1 Å². The number of amides is 2. The summed E-state index contributed by atoms with van der Waals surface area (Å²) in [7, 11) is 0. The molecule has 1 atom stereocenters. The van der Waals surface area contributed by atoms with Crippen molar-refractivity contribution >= 4 is 46.6 Å². The van der Waals surface area contributed by atoms with Crippen LogP contribution in [-0.2, 0) is 22.6 Å². The molecule has 0 unspecified atom stereocenters. The summed E-state index contributed by atoms with van der Waals surface area (Å²) < 4.78 is 0. The molecule has 2 rings (SSSR count). The molecule has 4 nitrogen and oxygen atoms in total. The van der Waals surface area contributed by atoms with Crippen LogP contribution in [0.3, 0.4) is 0 Å². The van der Waals surface area contributed by atoms with Crippen LogP contribution in [0, 0.1) is 0 Å². The Morgan fingerprint density at radius 3 is 2.13 bits per heavy atom. The van der Waals surface area contributed by atoms with Gasteiger partial charge in [0, 0.05) is 27.2 Å². The minimum Gasteiger partial charge on any atom is -0.350 e. The maximum absolute atomic E-state index is 13.3. The topological polar surface area (TPSA) is 49.4 Å². The summed E-state index contributed by atoms with van der Waals surface area (Å²) in [4.78, 5) is 27.9. The molecule has 0 fully saturated rings. The van der Waals surface area contributed by atoms with E-state index in [0.29, 0.717) is 21.5 Å². The summed E-state index contributed by atoms with van der Waals surface area (Å²) in [6.07, 6.45) is 0.626. The van der Waals surface area contributed by atoms with E-state index < -0.39 is 11.6 Å². The van der Waals surface area contributed by atoms with Gasteiger partial charge in [-0.05, 0) is 62.6 Å². The van der Waals surface area contributed by atoms with Crippen molar-refractivity contribution in [2.45, 2.75) is 58.7 Å². The number of hydrogen-bond acceptors (Lipinski definition) is 2. The standard InChI is InChI=1S/C23H27Cl3N2O2/c1-5-20(22(30)27-23(2,3)4)28(14-16-8-11-18(25)13-19(16)26)21(29)12-15-6-9-17(24)10-7-15/h6-11,13,20H,5,12,14H2,1-4H3,(H,27,30)/t20-/m1/s1. The monoisotopic (exact) mass is 468 g/mol. The van der Waals surface area contributed by atoms with E-state index in [2.05, 4.69) is 5.32 Å². The highest BCUT2D eigenvalue weighted by molar-refractivity contribution is 6.35. The number of nitrogens with zero attached hydrogens (tertiary/aromatic N) is 1. The second kappa shape index (κ2) is 10.5. The fraction of sp³-hybridized carbons (Fsp3) is 0.391. The van der Waals surface area contributed by atoms with Gasteiger partial charge in [0.2, 0.25) is 11.8 Å². The maximum atomic E-state index is 13.3. The Bertz CT molecular complexity index is 892. The fourth-order valence-corrected chi connectivity index (χ4v) is 3.68. The van der Waals surface area contributed by atoms with Crippen LogP contribution in [0.1, 0.15) is 45.2 Å². The van der Waals surface area contributed by atoms with Crippen molar-refractivity contribution in [2.24, 2.45) is 0 Å². The zero-order valence-corrected chi connectivity index (χ0v) is 19.9. The number of carbonyl (C=O) groups excluding carboxylic acids is 2. The molecule has 0 aromatic heterocycles. The van der Waals surface area contributed by atoms with E-state index in [0.717, 1.165) is 11.1 Å². The van der Waals surface area contributed by atoms with E-state index in [1.54, 1.807) is 35.2 Å². The summed E-state index contributed by atoms with van der Waals surface area (Å²) in [5.74, 6) is -0.362. The van der Waals surface area contributed by atoms with Crippen molar-refractivity contribution < 1.29 is 9.59 Å². The van der Waals surface area contributed by atoms with Gasteiger partial charge in [-0.15, -0.1) is 0 Å². The molecule has 162 valence electrons. The van der Waals surface area contributed by atoms with E-state index in [9.17, 15) is 9.59 Å². The molecular formula is C23H27Cl3N2O2. The SMILES string of the molecule is CC[C@H](C(=O)NC(C)(C)C)N(Cc1ccc(Cl)cc1Cl)C(=O)Cc1ccc(Cl)cc1. The van der Waals surface area contributed by atoms with Gasteiger partial charge in [0.1, 0.15) is 6.04 Å². The van der Waals surface area contributed by atoms with Crippen molar-refractivity contribution in [2.75, 3.05) is 0 Å². The highest BCUT2D eigenvalue weighted by Gasteiger charge is 2.31. The lowest BCUT2D eigenvalue weighted by Gasteiger charge is -2.33. The zero-order chi connectivity index (χ0) is 22.5. The molecule has 7 heteroatoms. The lowest BCUT2D eigenvalue weighted by atomic mass is 10.0. The van der Waals surface area contributed by atoms with E-state index in [-0.39, 0.29) is 24.8 Å². The molecule has 1 N–H and O–H groups in total. The quantitative estimate of drug-likeness (QED) is 0.548. The summed E-state index contributed by atoms with van der Waals surface area (Å²) in [5.41, 5.74) is 1.14. The van der Waals surface area contributed by atoms with Crippen LogP contribution in [-0.4, -0.2) is 28.3 Å². The van der Waals surface area contributed by atoms with Crippen molar-refractivity contribution in [1.82, 2.24) is 10.2 Å². The third kappa shape index (κ3) is 7.19. The Labute approximate surface area is 193 Å². The number of benzene rings is 2. The average Bonchev–Trinajstić information content (AvgIpc) is 2.63. The van der Waals surface area contributed by atoms with Crippen LogP contribution in [0.25, 0.3) is 0 Å². The van der Waals surface area contributed by atoms with E-state index in [1.807, 2.05) is 39.8 Å². The summed E-state index contributed by atoms with van der Waals surface area (Å²) in [6, 6.07) is 11.6. The van der Waals surface area contributed by atoms with Gasteiger partial charge in [0.25, 0.3) is 0 Å². The van der Waals surface area contributed by atoms with Crippen LogP contribution >= 0.6 is 34.8 Å². The van der Waals surface area contributed by atoms with Gasteiger partial charge < -0.3 is 10.2 Å². The van der Waals surface area contributed by atoms with Gasteiger partial charge in [-0.1, -0.05) is 59.9 Å². The molecule has 0 saturated heterocycles. The van der Waals surface area contributed by atoms with E-state index in [4.69, 9.17) is 34.8 Å². The Hall–Kier alpha value is -1.75. The molecule has 0 saturated carbocycles. The first-order chi connectivity index (χ1) is 14.0. The van der Waals surface area contributed by atoms with Gasteiger partial charge in [-0.25, -0.2) is 0 Å². The molecule has 2 amide bonds. The number of nitrogens with one attached hydrogen (secondary N) is 1. The predicted molar refractivity (Wildman–Crippen MR) is 124 cm³/mol. The van der Waals surface area contributed by atoms with E-state index in [1.165, 1.54) is 0 Å². The smallest absolute Gasteiger partial charge is 0.243 e. The van der Waals surface area contributed by atoms with Crippen molar-refractivity contribution in [1.29, 1.82) is 0 Å². The molecule has 2 aromatic rings.